The van der Waals surface area contributed by atoms with Crippen molar-refractivity contribution < 1.29 is 0 Å². The molecule has 0 saturated carbocycles. The Kier molecular flexibility index (Phi) is 6.11. The van der Waals surface area contributed by atoms with E-state index in [-0.39, 0.29) is 0 Å². The van der Waals surface area contributed by atoms with Gasteiger partial charge in [0.25, 0.3) is 0 Å². The Morgan fingerprint density at radius 2 is 1.94 bits per heavy atom. The molecular formula is C23H25N7S. The molecule has 0 unspecified atom stereocenters. The SMILES string of the molecule is C=Cc1ccnc(N2CC(N)C2)c1.CNc1cc2cc(-c3cnc(N)s3)ccc2cn1. The van der Waals surface area contributed by atoms with Crippen LogP contribution in [0.1, 0.15) is 5.56 Å². The minimum atomic E-state index is 0.314. The molecule has 0 spiro atoms. The highest BCUT2D eigenvalue weighted by Gasteiger charge is 2.23. The third-order valence-electron chi connectivity index (χ3n) is 5.03. The van der Waals surface area contributed by atoms with E-state index in [0.717, 1.165) is 51.5 Å². The Bertz CT molecular complexity index is 1200. The molecule has 5 rings (SSSR count). The highest BCUT2D eigenvalue weighted by atomic mass is 32.1. The van der Waals surface area contributed by atoms with Gasteiger partial charge in [-0.25, -0.2) is 15.0 Å². The third kappa shape index (κ3) is 4.82. The first-order valence-corrected chi connectivity index (χ1v) is 10.8. The molecule has 0 aliphatic carbocycles. The van der Waals surface area contributed by atoms with Gasteiger partial charge in [-0.3, -0.25) is 0 Å². The summed E-state index contributed by atoms with van der Waals surface area (Å²) in [6, 6.07) is 12.6. The van der Waals surface area contributed by atoms with Gasteiger partial charge in [0, 0.05) is 50.2 Å². The van der Waals surface area contributed by atoms with E-state index in [4.69, 9.17) is 11.5 Å². The minimum Gasteiger partial charge on any atom is -0.375 e. The molecule has 8 heteroatoms. The molecule has 3 aromatic heterocycles. The fourth-order valence-corrected chi connectivity index (χ4v) is 3.97. The fourth-order valence-electron chi connectivity index (χ4n) is 3.29. The molecule has 158 valence electrons. The van der Waals surface area contributed by atoms with Gasteiger partial charge >= 0.3 is 0 Å². The van der Waals surface area contributed by atoms with E-state index in [1.165, 1.54) is 11.3 Å². The summed E-state index contributed by atoms with van der Waals surface area (Å²) in [5.41, 5.74) is 13.6. The number of hydrogen-bond acceptors (Lipinski definition) is 8. The summed E-state index contributed by atoms with van der Waals surface area (Å²) in [6.07, 6.45) is 7.30. The summed E-state index contributed by atoms with van der Waals surface area (Å²) in [4.78, 5) is 15.9. The molecule has 0 amide bonds. The number of rotatable bonds is 4. The Hall–Kier alpha value is -3.49. The average molecular weight is 432 g/mol. The molecule has 1 fully saturated rings. The number of nitrogens with one attached hydrogen (secondary N) is 1. The molecule has 0 bridgehead atoms. The van der Waals surface area contributed by atoms with Gasteiger partial charge in [0.2, 0.25) is 0 Å². The number of hydrogen-bond donors (Lipinski definition) is 3. The molecular weight excluding hydrogens is 406 g/mol. The fraction of sp³-hybridized carbons (Fsp3) is 0.174. The molecule has 0 atom stereocenters. The molecule has 0 radical (unpaired) electrons. The maximum absolute atomic E-state index is 5.69. The maximum atomic E-state index is 5.69. The van der Waals surface area contributed by atoms with Crippen molar-refractivity contribution in [3.8, 4) is 10.4 Å². The molecule has 4 aromatic rings. The lowest BCUT2D eigenvalue weighted by molar-refractivity contribution is 0.514. The number of thiazole rings is 1. The van der Waals surface area contributed by atoms with E-state index in [1.807, 2.05) is 37.5 Å². The zero-order chi connectivity index (χ0) is 21.8. The van der Waals surface area contributed by atoms with Crippen LogP contribution in [0.5, 0.6) is 0 Å². The van der Waals surface area contributed by atoms with Crippen molar-refractivity contribution in [2.24, 2.45) is 5.73 Å². The summed E-state index contributed by atoms with van der Waals surface area (Å²) in [6.45, 7) is 5.54. The molecule has 4 heterocycles. The average Bonchev–Trinajstić information content (AvgIpc) is 3.23. The third-order valence-corrected chi connectivity index (χ3v) is 5.90. The topological polar surface area (TPSA) is 106 Å². The van der Waals surface area contributed by atoms with Gasteiger partial charge in [-0.2, -0.15) is 0 Å². The first kappa shape index (κ1) is 20.8. The van der Waals surface area contributed by atoms with E-state index in [1.54, 1.807) is 12.4 Å². The zero-order valence-corrected chi connectivity index (χ0v) is 18.1. The summed E-state index contributed by atoms with van der Waals surface area (Å²) < 4.78 is 0. The Labute approximate surface area is 185 Å². The number of anilines is 3. The van der Waals surface area contributed by atoms with Crippen LogP contribution in [0.4, 0.5) is 16.8 Å². The summed E-state index contributed by atoms with van der Waals surface area (Å²) in [5, 5.41) is 5.91. The van der Waals surface area contributed by atoms with Crippen LogP contribution < -0.4 is 21.7 Å². The molecule has 31 heavy (non-hydrogen) atoms. The lowest BCUT2D eigenvalue weighted by atomic mass is 10.1. The predicted octanol–water partition coefficient (Wildman–Crippen LogP) is 3.85. The predicted molar refractivity (Wildman–Crippen MR) is 131 cm³/mol. The van der Waals surface area contributed by atoms with Crippen molar-refractivity contribution in [3.05, 3.63) is 67.1 Å². The number of benzene rings is 1. The molecule has 1 aliphatic heterocycles. The maximum Gasteiger partial charge on any atom is 0.180 e. The van der Waals surface area contributed by atoms with Crippen molar-refractivity contribution in [2.45, 2.75) is 6.04 Å². The van der Waals surface area contributed by atoms with Crippen molar-refractivity contribution in [1.82, 2.24) is 15.0 Å². The van der Waals surface area contributed by atoms with E-state index in [9.17, 15) is 0 Å². The van der Waals surface area contributed by atoms with Crippen LogP contribution in [-0.2, 0) is 0 Å². The second kappa shape index (κ2) is 9.11. The molecule has 1 aromatic carbocycles. The lowest BCUT2D eigenvalue weighted by Crippen LogP contribution is -2.56. The quantitative estimate of drug-likeness (QED) is 0.450. The number of nitrogens with zero attached hydrogens (tertiary/aromatic N) is 4. The normalized spacial score (nSPS) is 13.3. The van der Waals surface area contributed by atoms with Gasteiger partial charge in [0.05, 0.1) is 4.88 Å². The van der Waals surface area contributed by atoms with Gasteiger partial charge < -0.3 is 21.7 Å². The van der Waals surface area contributed by atoms with Crippen molar-refractivity contribution in [2.75, 3.05) is 36.1 Å². The van der Waals surface area contributed by atoms with Crippen LogP contribution in [0.2, 0.25) is 0 Å². The minimum absolute atomic E-state index is 0.314. The van der Waals surface area contributed by atoms with Crippen LogP contribution >= 0.6 is 11.3 Å². The molecule has 7 nitrogen and oxygen atoms in total. The number of nitrogens with two attached hydrogens (primary N) is 2. The van der Waals surface area contributed by atoms with E-state index >= 15 is 0 Å². The second-order valence-corrected chi connectivity index (χ2v) is 8.32. The number of pyridine rings is 2. The first-order valence-electron chi connectivity index (χ1n) is 9.94. The van der Waals surface area contributed by atoms with Gasteiger partial charge in [0.1, 0.15) is 11.6 Å². The number of fused-ring (bicyclic) bond motifs is 1. The molecule has 5 N–H and O–H groups in total. The van der Waals surface area contributed by atoms with Crippen LogP contribution in [-0.4, -0.2) is 41.1 Å². The van der Waals surface area contributed by atoms with Gasteiger partial charge in [-0.1, -0.05) is 36.1 Å². The Balaban J connectivity index is 0.000000158. The van der Waals surface area contributed by atoms with Crippen LogP contribution in [0.15, 0.2) is 61.6 Å². The molecule has 1 aliphatic rings. The van der Waals surface area contributed by atoms with Crippen molar-refractivity contribution >= 4 is 45.0 Å². The highest BCUT2D eigenvalue weighted by molar-refractivity contribution is 7.18. The van der Waals surface area contributed by atoms with E-state index in [0.29, 0.717) is 11.2 Å². The van der Waals surface area contributed by atoms with Gasteiger partial charge in [0.15, 0.2) is 5.13 Å². The van der Waals surface area contributed by atoms with Crippen LogP contribution in [0.25, 0.3) is 27.3 Å². The highest BCUT2D eigenvalue weighted by Crippen LogP contribution is 2.30. The Morgan fingerprint density at radius 3 is 2.61 bits per heavy atom. The van der Waals surface area contributed by atoms with E-state index < -0.39 is 0 Å². The number of nitrogen functional groups attached to an aromatic ring is 1. The largest absolute Gasteiger partial charge is 0.375 e. The van der Waals surface area contributed by atoms with Crippen molar-refractivity contribution in [1.29, 1.82) is 0 Å². The molecule has 1 saturated heterocycles. The smallest absolute Gasteiger partial charge is 0.180 e. The zero-order valence-electron chi connectivity index (χ0n) is 17.3. The lowest BCUT2D eigenvalue weighted by Gasteiger charge is -2.37. The summed E-state index contributed by atoms with van der Waals surface area (Å²) in [7, 11) is 1.86. The number of aromatic nitrogens is 3. The monoisotopic (exact) mass is 431 g/mol. The van der Waals surface area contributed by atoms with E-state index in [2.05, 4.69) is 49.9 Å². The van der Waals surface area contributed by atoms with Crippen molar-refractivity contribution in [3.63, 3.8) is 0 Å². The second-order valence-electron chi connectivity index (χ2n) is 7.26. The Morgan fingerprint density at radius 1 is 1.10 bits per heavy atom. The van der Waals surface area contributed by atoms with Crippen LogP contribution in [0.3, 0.4) is 0 Å². The first-order chi connectivity index (χ1) is 15.1. The van der Waals surface area contributed by atoms with Gasteiger partial charge in [-0.05, 0) is 40.8 Å². The standard InChI is InChI=1S/C13H12N4S.C10H13N3/c1-15-12-5-10-4-8(2-3-9(10)6-16-12)11-7-17-13(14)18-11;1-2-8-3-4-12-10(5-8)13-6-9(11)7-13/h2-7H,1H3,(H2,14,17)(H,15,16);2-5,9H,1,6-7,11H2. The van der Waals surface area contributed by atoms with Gasteiger partial charge in [-0.15, -0.1) is 0 Å². The van der Waals surface area contributed by atoms with Crippen LogP contribution in [0, 0.1) is 0 Å². The summed E-state index contributed by atoms with van der Waals surface area (Å²) >= 11 is 1.49. The summed E-state index contributed by atoms with van der Waals surface area (Å²) in [5.74, 6) is 1.86.